The Morgan fingerprint density at radius 1 is 1.20 bits per heavy atom. The lowest BCUT2D eigenvalue weighted by atomic mass is 10.0. The summed E-state index contributed by atoms with van der Waals surface area (Å²) in [6.07, 6.45) is 4.43. The smallest absolute Gasteiger partial charge is 0.418 e. The zero-order valence-corrected chi connectivity index (χ0v) is 16.6. The van der Waals surface area contributed by atoms with Crippen molar-refractivity contribution in [1.82, 2.24) is 9.88 Å². The molecule has 1 N–H and O–H groups in total. The number of ether oxygens (including phenoxy) is 1. The van der Waals surface area contributed by atoms with Crippen LogP contribution in [0.15, 0.2) is 36.7 Å². The predicted molar refractivity (Wildman–Crippen MR) is 107 cm³/mol. The Morgan fingerprint density at radius 3 is 2.44 bits per heavy atom. The van der Waals surface area contributed by atoms with E-state index in [1.807, 2.05) is 46.8 Å². The highest BCUT2D eigenvalue weighted by atomic mass is 16.6. The van der Waals surface area contributed by atoms with Crippen molar-refractivity contribution < 1.29 is 9.53 Å². The standard InChI is InChI=1S/C19H26N2O2.C2H6/c1-6-14(13-20-7-2)15-8-9-17-16(12-15)10-11-21(17)18(22)23-19(3,4)5;1-2/h8-13,20H,6-7H2,1-5H3;1-2H3/b14-13+;. The second-order valence-corrected chi connectivity index (χ2v) is 6.52. The molecule has 0 amide bonds. The van der Waals surface area contributed by atoms with Gasteiger partial charge in [0, 0.05) is 24.3 Å². The number of carbonyl (C=O) groups excluding carboxylic acids is 1. The summed E-state index contributed by atoms with van der Waals surface area (Å²) in [6, 6.07) is 8.09. The molecule has 0 saturated carbocycles. The van der Waals surface area contributed by atoms with E-state index in [4.69, 9.17) is 4.74 Å². The molecular weight excluding hydrogens is 312 g/mol. The number of nitrogens with zero attached hydrogens (tertiary/aromatic N) is 1. The second kappa shape index (κ2) is 9.30. The molecule has 4 heteroatoms. The van der Waals surface area contributed by atoms with Crippen molar-refractivity contribution in [1.29, 1.82) is 0 Å². The fourth-order valence-electron chi connectivity index (χ4n) is 2.43. The number of aromatic nitrogens is 1. The summed E-state index contributed by atoms with van der Waals surface area (Å²) in [5, 5.41) is 4.29. The van der Waals surface area contributed by atoms with E-state index in [0.29, 0.717) is 0 Å². The van der Waals surface area contributed by atoms with E-state index in [2.05, 4.69) is 37.5 Å². The lowest BCUT2D eigenvalue weighted by molar-refractivity contribution is 0.0544. The summed E-state index contributed by atoms with van der Waals surface area (Å²) in [5.41, 5.74) is 2.78. The second-order valence-electron chi connectivity index (χ2n) is 6.52. The summed E-state index contributed by atoms with van der Waals surface area (Å²) in [7, 11) is 0. The van der Waals surface area contributed by atoms with Crippen molar-refractivity contribution in [3.05, 3.63) is 42.2 Å². The summed E-state index contributed by atoms with van der Waals surface area (Å²) in [6.45, 7) is 14.7. The Bertz CT molecular complexity index is 721. The molecule has 2 aromatic rings. The topological polar surface area (TPSA) is 43.3 Å². The van der Waals surface area contributed by atoms with Crippen LogP contribution in [-0.4, -0.2) is 22.8 Å². The number of benzene rings is 1. The quantitative estimate of drug-likeness (QED) is 0.761. The third-order valence-corrected chi connectivity index (χ3v) is 3.51. The van der Waals surface area contributed by atoms with Gasteiger partial charge in [0.15, 0.2) is 0 Å². The molecule has 25 heavy (non-hydrogen) atoms. The highest BCUT2D eigenvalue weighted by Crippen LogP contribution is 2.24. The van der Waals surface area contributed by atoms with Gasteiger partial charge in [-0.3, -0.25) is 4.57 Å². The Morgan fingerprint density at radius 2 is 1.88 bits per heavy atom. The molecule has 1 aromatic carbocycles. The number of nitrogens with one attached hydrogen (secondary N) is 1. The zero-order valence-electron chi connectivity index (χ0n) is 16.6. The van der Waals surface area contributed by atoms with E-state index in [9.17, 15) is 4.79 Å². The van der Waals surface area contributed by atoms with Crippen LogP contribution < -0.4 is 5.32 Å². The largest absolute Gasteiger partial charge is 0.443 e. The van der Waals surface area contributed by atoms with Crippen LogP contribution in [0.1, 0.15) is 60.5 Å². The fourth-order valence-corrected chi connectivity index (χ4v) is 2.43. The lowest BCUT2D eigenvalue weighted by Gasteiger charge is -2.19. The number of allylic oxidation sites excluding steroid dienone is 1. The van der Waals surface area contributed by atoms with E-state index in [1.54, 1.807) is 10.8 Å². The van der Waals surface area contributed by atoms with Crippen molar-refractivity contribution >= 4 is 22.6 Å². The third-order valence-electron chi connectivity index (χ3n) is 3.51. The van der Waals surface area contributed by atoms with Crippen LogP contribution in [0.2, 0.25) is 0 Å². The number of hydrogen-bond acceptors (Lipinski definition) is 3. The van der Waals surface area contributed by atoms with Gasteiger partial charge in [0.1, 0.15) is 5.60 Å². The van der Waals surface area contributed by atoms with Crippen molar-refractivity contribution in [3.63, 3.8) is 0 Å². The fraction of sp³-hybridized carbons (Fsp3) is 0.476. The molecule has 0 fully saturated rings. The normalized spacial score (nSPS) is 11.7. The summed E-state index contributed by atoms with van der Waals surface area (Å²) < 4.78 is 7.00. The van der Waals surface area contributed by atoms with E-state index in [-0.39, 0.29) is 6.09 Å². The third kappa shape index (κ3) is 5.66. The van der Waals surface area contributed by atoms with Gasteiger partial charge in [-0.2, -0.15) is 0 Å². The molecular formula is C21H32N2O2. The Hall–Kier alpha value is -2.23. The van der Waals surface area contributed by atoms with Crippen molar-refractivity contribution in [2.24, 2.45) is 0 Å². The molecule has 2 rings (SSSR count). The summed E-state index contributed by atoms with van der Waals surface area (Å²) >= 11 is 0. The molecule has 1 heterocycles. The highest BCUT2D eigenvalue weighted by Gasteiger charge is 2.19. The van der Waals surface area contributed by atoms with E-state index >= 15 is 0 Å². The molecule has 0 atom stereocenters. The molecule has 1 aromatic heterocycles. The van der Waals surface area contributed by atoms with Crippen molar-refractivity contribution in [3.8, 4) is 0 Å². The molecule has 0 aliphatic rings. The first-order valence-electron chi connectivity index (χ1n) is 9.13. The minimum atomic E-state index is -0.502. The number of carbonyl (C=O) groups is 1. The molecule has 0 aliphatic heterocycles. The first kappa shape index (κ1) is 20.8. The highest BCUT2D eigenvalue weighted by molar-refractivity contribution is 5.91. The van der Waals surface area contributed by atoms with Crippen LogP contribution in [0.25, 0.3) is 16.5 Å². The van der Waals surface area contributed by atoms with Crippen molar-refractivity contribution in [2.75, 3.05) is 6.54 Å². The van der Waals surface area contributed by atoms with Crippen LogP contribution in [0.4, 0.5) is 4.79 Å². The van der Waals surface area contributed by atoms with E-state index < -0.39 is 5.60 Å². The van der Waals surface area contributed by atoms with Gasteiger partial charge in [0.2, 0.25) is 0 Å². The van der Waals surface area contributed by atoms with Crippen LogP contribution in [0, 0.1) is 0 Å². The minimum Gasteiger partial charge on any atom is -0.443 e. The van der Waals surface area contributed by atoms with Crippen LogP contribution >= 0.6 is 0 Å². The van der Waals surface area contributed by atoms with Gasteiger partial charge >= 0.3 is 6.09 Å². The Balaban J connectivity index is 0.00000151. The molecule has 0 unspecified atom stereocenters. The van der Waals surface area contributed by atoms with Crippen molar-refractivity contribution in [2.45, 2.75) is 60.5 Å². The first-order chi connectivity index (χ1) is 11.9. The molecule has 0 aliphatic carbocycles. The number of fused-ring (bicyclic) bond motifs is 1. The van der Waals surface area contributed by atoms with Crippen LogP contribution in [0.5, 0.6) is 0 Å². The van der Waals surface area contributed by atoms with Gasteiger partial charge in [-0.25, -0.2) is 4.79 Å². The monoisotopic (exact) mass is 344 g/mol. The first-order valence-corrected chi connectivity index (χ1v) is 9.13. The molecule has 0 radical (unpaired) electrons. The van der Waals surface area contributed by atoms with Gasteiger partial charge in [-0.05, 0) is 63.5 Å². The maximum Gasteiger partial charge on any atom is 0.418 e. The maximum absolute atomic E-state index is 12.3. The SMILES string of the molecule is CC.CCN/C=C(\CC)c1ccc2c(ccn2C(=O)OC(C)(C)C)c1. The average Bonchev–Trinajstić information content (AvgIpc) is 2.99. The predicted octanol–water partition coefficient (Wildman–Crippen LogP) is 5.81. The van der Waals surface area contributed by atoms with Gasteiger partial charge in [-0.15, -0.1) is 0 Å². The van der Waals surface area contributed by atoms with E-state index in [1.165, 1.54) is 11.1 Å². The van der Waals surface area contributed by atoms with Gasteiger partial charge in [0.25, 0.3) is 0 Å². The Labute approximate surface area is 151 Å². The van der Waals surface area contributed by atoms with Crippen LogP contribution in [0.3, 0.4) is 0 Å². The summed E-state index contributed by atoms with van der Waals surface area (Å²) in [4.78, 5) is 12.3. The molecule has 0 bridgehead atoms. The minimum absolute atomic E-state index is 0.348. The average molecular weight is 344 g/mol. The maximum atomic E-state index is 12.3. The lowest BCUT2D eigenvalue weighted by Crippen LogP contribution is -2.26. The van der Waals surface area contributed by atoms with Gasteiger partial charge < -0.3 is 10.1 Å². The molecule has 4 nitrogen and oxygen atoms in total. The van der Waals surface area contributed by atoms with E-state index in [0.717, 1.165) is 23.9 Å². The number of rotatable bonds is 4. The molecule has 138 valence electrons. The Kier molecular flexibility index (Phi) is 7.75. The molecule has 0 spiro atoms. The zero-order chi connectivity index (χ0) is 19.0. The number of hydrogen-bond donors (Lipinski definition) is 1. The van der Waals surface area contributed by atoms with Crippen LogP contribution in [-0.2, 0) is 4.74 Å². The molecule has 0 saturated heterocycles. The van der Waals surface area contributed by atoms with Gasteiger partial charge in [0.05, 0.1) is 5.52 Å². The summed E-state index contributed by atoms with van der Waals surface area (Å²) in [5.74, 6) is 0. The van der Waals surface area contributed by atoms with Gasteiger partial charge in [-0.1, -0.05) is 26.8 Å².